The third-order valence-corrected chi connectivity index (χ3v) is 2.45. The fourth-order valence-corrected chi connectivity index (χ4v) is 1.63. The molecule has 1 aliphatic heterocycles. The van der Waals surface area contributed by atoms with Crippen LogP contribution in [0, 0.1) is 0 Å². The number of hydrogen-bond acceptors (Lipinski definition) is 1. The first-order chi connectivity index (χ1) is 6.34. The molecule has 1 nitrogen and oxygen atoms in total. The van der Waals surface area contributed by atoms with E-state index in [1.54, 1.807) is 0 Å². The molecule has 1 heterocycles. The number of nitrogens with one attached hydrogen (secondary N) is 1. The van der Waals surface area contributed by atoms with Crippen LogP contribution < -0.4 is 5.32 Å². The zero-order valence-corrected chi connectivity index (χ0v) is 8.14. The molecule has 0 aliphatic carbocycles. The van der Waals surface area contributed by atoms with Gasteiger partial charge in [-0.1, -0.05) is 29.8 Å². The van der Waals surface area contributed by atoms with Crippen LogP contribution >= 0.6 is 11.6 Å². The average Bonchev–Trinajstić information content (AvgIpc) is 2.62. The lowest BCUT2D eigenvalue weighted by molar-refractivity contribution is 0.847. The molecule has 0 unspecified atom stereocenters. The summed E-state index contributed by atoms with van der Waals surface area (Å²) in [5.41, 5.74) is 2.65. The second-order valence-electron chi connectivity index (χ2n) is 3.25. The maximum Gasteiger partial charge on any atom is 0.0406 e. The Kier molecular flexibility index (Phi) is 2.55. The second kappa shape index (κ2) is 3.84. The Morgan fingerprint density at radius 3 is 2.62 bits per heavy atom. The summed E-state index contributed by atoms with van der Waals surface area (Å²) in [7, 11) is 0. The highest BCUT2D eigenvalue weighted by Crippen LogP contribution is 2.13. The Morgan fingerprint density at radius 1 is 1.23 bits per heavy atom. The van der Waals surface area contributed by atoms with E-state index in [0.29, 0.717) is 0 Å². The van der Waals surface area contributed by atoms with Gasteiger partial charge in [0.05, 0.1) is 0 Å². The van der Waals surface area contributed by atoms with Crippen LogP contribution in [0.25, 0.3) is 0 Å². The number of hydrogen-bond donors (Lipinski definition) is 1. The van der Waals surface area contributed by atoms with Gasteiger partial charge < -0.3 is 5.32 Å². The molecular formula is C11H12ClN. The van der Waals surface area contributed by atoms with E-state index in [4.69, 9.17) is 11.6 Å². The monoisotopic (exact) mass is 193 g/mol. The third kappa shape index (κ3) is 2.25. The van der Waals surface area contributed by atoms with Crippen LogP contribution in [0.4, 0.5) is 0 Å². The molecule has 2 rings (SSSR count). The summed E-state index contributed by atoms with van der Waals surface area (Å²) < 4.78 is 0. The molecule has 1 N–H and O–H groups in total. The van der Waals surface area contributed by atoms with Crippen molar-refractivity contribution >= 4 is 11.6 Å². The predicted molar refractivity (Wildman–Crippen MR) is 55.9 cm³/mol. The SMILES string of the molecule is Clc1ccc(CC2=CCCN2)cc1. The van der Waals surface area contributed by atoms with Gasteiger partial charge in [0.25, 0.3) is 0 Å². The molecule has 0 atom stereocenters. The highest BCUT2D eigenvalue weighted by molar-refractivity contribution is 6.30. The van der Waals surface area contributed by atoms with Gasteiger partial charge in [0.15, 0.2) is 0 Å². The Balaban J connectivity index is 2.05. The van der Waals surface area contributed by atoms with Gasteiger partial charge in [0.1, 0.15) is 0 Å². The van der Waals surface area contributed by atoms with Crippen molar-refractivity contribution in [2.75, 3.05) is 6.54 Å². The molecule has 1 aromatic rings. The number of allylic oxidation sites excluding steroid dienone is 1. The molecule has 0 saturated heterocycles. The first kappa shape index (κ1) is 8.64. The van der Waals surface area contributed by atoms with Gasteiger partial charge in [-0.25, -0.2) is 0 Å². The predicted octanol–water partition coefficient (Wildman–Crippen LogP) is 2.76. The molecule has 13 heavy (non-hydrogen) atoms. The van der Waals surface area contributed by atoms with E-state index in [0.717, 1.165) is 24.4 Å². The zero-order valence-electron chi connectivity index (χ0n) is 7.39. The Hall–Kier alpha value is -0.950. The van der Waals surface area contributed by atoms with Crippen LogP contribution in [0.2, 0.25) is 5.02 Å². The molecule has 0 spiro atoms. The number of benzene rings is 1. The van der Waals surface area contributed by atoms with Gasteiger partial charge >= 0.3 is 0 Å². The maximum atomic E-state index is 5.80. The fourth-order valence-electron chi connectivity index (χ4n) is 1.51. The van der Waals surface area contributed by atoms with Crippen molar-refractivity contribution in [3.8, 4) is 0 Å². The molecule has 0 radical (unpaired) electrons. The molecule has 2 heteroatoms. The number of halogens is 1. The topological polar surface area (TPSA) is 12.0 Å². The van der Waals surface area contributed by atoms with Crippen molar-refractivity contribution in [1.29, 1.82) is 0 Å². The van der Waals surface area contributed by atoms with E-state index >= 15 is 0 Å². The number of rotatable bonds is 2. The quantitative estimate of drug-likeness (QED) is 0.762. The molecule has 0 fully saturated rings. The van der Waals surface area contributed by atoms with Gasteiger partial charge in [0, 0.05) is 23.7 Å². The summed E-state index contributed by atoms with van der Waals surface area (Å²) in [6.07, 6.45) is 4.41. The highest BCUT2D eigenvalue weighted by atomic mass is 35.5. The lowest BCUT2D eigenvalue weighted by Crippen LogP contribution is -2.09. The van der Waals surface area contributed by atoms with Crippen molar-refractivity contribution in [2.45, 2.75) is 12.8 Å². The van der Waals surface area contributed by atoms with E-state index < -0.39 is 0 Å². The van der Waals surface area contributed by atoms with E-state index in [-0.39, 0.29) is 0 Å². The van der Waals surface area contributed by atoms with Crippen molar-refractivity contribution in [3.63, 3.8) is 0 Å². The van der Waals surface area contributed by atoms with Gasteiger partial charge in [0.2, 0.25) is 0 Å². The molecular weight excluding hydrogens is 182 g/mol. The summed E-state index contributed by atoms with van der Waals surface area (Å²) in [5, 5.41) is 4.15. The molecule has 0 aromatic heterocycles. The van der Waals surface area contributed by atoms with Crippen LogP contribution in [-0.4, -0.2) is 6.54 Å². The first-order valence-corrected chi connectivity index (χ1v) is 4.90. The maximum absolute atomic E-state index is 5.80. The van der Waals surface area contributed by atoms with E-state index in [1.165, 1.54) is 11.3 Å². The Labute approximate surface area is 83.4 Å². The Morgan fingerprint density at radius 2 is 2.00 bits per heavy atom. The van der Waals surface area contributed by atoms with Crippen LogP contribution in [0.3, 0.4) is 0 Å². The Bertz CT molecular complexity index is 313. The van der Waals surface area contributed by atoms with Crippen LogP contribution in [-0.2, 0) is 6.42 Å². The molecule has 0 bridgehead atoms. The van der Waals surface area contributed by atoms with E-state index in [9.17, 15) is 0 Å². The van der Waals surface area contributed by atoms with Crippen LogP contribution in [0.15, 0.2) is 36.0 Å². The lowest BCUT2D eigenvalue weighted by Gasteiger charge is -2.03. The standard InChI is InChI=1S/C11H12ClN/c12-10-5-3-9(4-6-10)8-11-2-1-7-13-11/h2-6,13H,1,7-8H2. The van der Waals surface area contributed by atoms with Crippen LogP contribution in [0.5, 0.6) is 0 Å². The summed E-state index contributed by atoms with van der Waals surface area (Å²) >= 11 is 5.80. The fraction of sp³-hybridized carbons (Fsp3) is 0.273. The largest absolute Gasteiger partial charge is 0.388 e. The van der Waals surface area contributed by atoms with Crippen molar-refractivity contribution in [2.24, 2.45) is 0 Å². The zero-order chi connectivity index (χ0) is 9.10. The van der Waals surface area contributed by atoms with Crippen molar-refractivity contribution in [3.05, 3.63) is 46.6 Å². The minimum absolute atomic E-state index is 0.803. The van der Waals surface area contributed by atoms with Gasteiger partial charge in [-0.15, -0.1) is 0 Å². The summed E-state index contributed by atoms with van der Waals surface area (Å²) in [4.78, 5) is 0. The molecule has 0 saturated carbocycles. The van der Waals surface area contributed by atoms with E-state index in [2.05, 4.69) is 23.5 Å². The molecule has 0 amide bonds. The average molecular weight is 194 g/mol. The normalized spacial score (nSPS) is 15.3. The van der Waals surface area contributed by atoms with E-state index in [1.807, 2.05) is 12.1 Å². The first-order valence-electron chi connectivity index (χ1n) is 4.52. The summed E-state index contributed by atoms with van der Waals surface area (Å²) in [6.45, 7) is 1.09. The van der Waals surface area contributed by atoms with Crippen LogP contribution in [0.1, 0.15) is 12.0 Å². The van der Waals surface area contributed by atoms with Gasteiger partial charge in [-0.3, -0.25) is 0 Å². The molecule has 1 aromatic carbocycles. The smallest absolute Gasteiger partial charge is 0.0406 e. The van der Waals surface area contributed by atoms with Gasteiger partial charge in [-0.2, -0.15) is 0 Å². The molecule has 1 aliphatic rings. The molecule has 68 valence electrons. The van der Waals surface area contributed by atoms with Crippen molar-refractivity contribution < 1.29 is 0 Å². The second-order valence-corrected chi connectivity index (χ2v) is 3.68. The highest BCUT2D eigenvalue weighted by Gasteiger charge is 2.03. The minimum atomic E-state index is 0.803. The lowest BCUT2D eigenvalue weighted by atomic mass is 10.1. The van der Waals surface area contributed by atoms with Gasteiger partial charge in [-0.05, 0) is 24.1 Å². The third-order valence-electron chi connectivity index (χ3n) is 2.19. The minimum Gasteiger partial charge on any atom is -0.388 e. The summed E-state index contributed by atoms with van der Waals surface area (Å²) in [5.74, 6) is 0. The summed E-state index contributed by atoms with van der Waals surface area (Å²) in [6, 6.07) is 8.02. The van der Waals surface area contributed by atoms with Crippen molar-refractivity contribution in [1.82, 2.24) is 5.32 Å².